The summed E-state index contributed by atoms with van der Waals surface area (Å²) in [5.74, 6) is -3.68. The van der Waals surface area contributed by atoms with Crippen molar-refractivity contribution in [2.45, 2.75) is 31.0 Å². The lowest BCUT2D eigenvalue weighted by molar-refractivity contribution is -0.901. The summed E-state index contributed by atoms with van der Waals surface area (Å²) in [5.41, 5.74) is 0.280. The number of likely N-dealkylation sites (tertiary alicyclic amines) is 1. The molecule has 0 aromatic carbocycles. The number of carbonyl (C=O) groups excluding carboxylic acids is 1. The SMILES string of the molecule is O=C(O)C1=CC(=CC[NH+]2CC(O)CC2C(=O)[O-])CC(C(=O)O)N1. The monoisotopic (exact) mass is 326 g/mol. The van der Waals surface area contributed by atoms with Gasteiger partial charge in [0.1, 0.15) is 30.4 Å². The molecule has 4 unspecified atom stereocenters. The fourth-order valence-corrected chi connectivity index (χ4v) is 2.89. The van der Waals surface area contributed by atoms with Crippen LogP contribution < -0.4 is 15.3 Å². The topological polar surface area (TPSA) is 151 Å². The molecule has 0 aromatic rings. The van der Waals surface area contributed by atoms with Gasteiger partial charge in [-0.3, -0.25) is 0 Å². The molecule has 9 heteroatoms. The lowest BCUT2D eigenvalue weighted by Gasteiger charge is -2.23. The second-order valence-corrected chi connectivity index (χ2v) is 5.71. The molecule has 9 nitrogen and oxygen atoms in total. The first kappa shape index (κ1) is 17.0. The third kappa shape index (κ3) is 4.08. The van der Waals surface area contributed by atoms with Crippen LogP contribution in [0, 0.1) is 0 Å². The molecule has 2 aliphatic heterocycles. The lowest BCUT2D eigenvalue weighted by Crippen LogP contribution is -3.15. The quantitative estimate of drug-likeness (QED) is 0.344. The number of carboxylic acids is 3. The van der Waals surface area contributed by atoms with Gasteiger partial charge in [0.25, 0.3) is 0 Å². The Bertz CT molecular complexity index is 584. The van der Waals surface area contributed by atoms with Crippen LogP contribution in [0.15, 0.2) is 23.4 Å². The number of rotatable bonds is 5. The van der Waals surface area contributed by atoms with E-state index >= 15 is 0 Å². The Labute approximate surface area is 131 Å². The molecule has 2 heterocycles. The zero-order valence-corrected chi connectivity index (χ0v) is 12.2. The number of hydrogen-bond acceptors (Lipinski definition) is 6. The van der Waals surface area contributed by atoms with E-state index in [1.807, 2.05) is 0 Å². The maximum Gasteiger partial charge on any atom is 0.351 e. The second-order valence-electron chi connectivity index (χ2n) is 5.71. The zero-order chi connectivity index (χ0) is 17.1. The molecule has 0 saturated carbocycles. The van der Waals surface area contributed by atoms with E-state index in [-0.39, 0.29) is 31.6 Å². The third-order valence-corrected chi connectivity index (χ3v) is 4.04. The average Bonchev–Trinajstić information content (AvgIpc) is 2.86. The van der Waals surface area contributed by atoms with Crippen molar-refractivity contribution in [1.29, 1.82) is 0 Å². The number of aliphatic carboxylic acids is 3. The van der Waals surface area contributed by atoms with E-state index in [9.17, 15) is 24.6 Å². The molecule has 23 heavy (non-hydrogen) atoms. The Morgan fingerprint density at radius 3 is 2.65 bits per heavy atom. The van der Waals surface area contributed by atoms with Crippen molar-refractivity contribution < 1.29 is 39.7 Å². The van der Waals surface area contributed by atoms with Gasteiger partial charge in [0, 0.05) is 12.8 Å². The number of quaternary nitrogens is 1. The first-order valence-electron chi connectivity index (χ1n) is 7.14. The fraction of sp³-hybridized carbons (Fsp3) is 0.500. The molecule has 1 saturated heterocycles. The lowest BCUT2D eigenvalue weighted by atomic mass is 10.00. The first-order chi connectivity index (χ1) is 10.8. The predicted octanol–water partition coefficient (Wildman–Crippen LogP) is -3.90. The summed E-state index contributed by atoms with van der Waals surface area (Å²) in [6, 6.07) is -1.88. The molecule has 126 valence electrons. The molecule has 5 N–H and O–H groups in total. The minimum absolute atomic E-state index is 0.0952. The van der Waals surface area contributed by atoms with Crippen molar-refractivity contribution in [2.24, 2.45) is 0 Å². The Hall–Kier alpha value is -2.39. The Kier molecular flexibility index (Phi) is 5.02. The summed E-state index contributed by atoms with van der Waals surface area (Å²) in [7, 11) is 0. The summed E-state index contributed by atoms with van der Waals surface area (Å²) in [5, 5.41) is 41.1. The molecular formula is C14H18N2O7. The molecule has 4 atom stereocenters. The van der Waals surface area contributed by atoms with Gasteiger partial charge < -0.3 is 35.4 Å². The molecule has 0 aromatic heterocycles. The van der Waals surface area contributed by atoms with Crippen LogP contribution in [0.5, 0.6) is 0 Å². The Morgan fingerprint density at radius 1 is 1.39 bits per heavy atom. The van der Waals surface area contributed by atoms with Crippen molar-refractivity contribution in [3.05, 3.63) is 23.4 Å². The average molecular weight is 326 g/mol. The van der Waals surface area contributed by atoms with Gasteiger partial charge >= 0.3 is 11.9 Å². The van der Waals surface area contributed by atoms with Crippen LogP contribution in [0.1, 0.15) is 12.8 Å². The van der Waals surface area contributed by atoms with Crippen LogP contribution >= 0.6 is 0 Å². The summed E-state index contributed by atoms with van der Waals surface area (Å²) >= 11 is 0. The summed E-state index contributed by atoms with van der Waals surface area (Å²) < 4.78 is 0. The maximum absolute atomic E-state index is 11.1. The van der Waals surface area contributed by atoms with Gasteiger partial charge in [-0.05, 0) is 17.7 Å². The maximum atomic E-state index is 11.1. The van der Waals surface area contributed by atoms with Crippen LogP contribution in [0.3, 0.4) is 0 Å². The number of aliphatic hydroxyl groups excluding tert-OH is 1. The second kappa shape index (κ2) is 6.80. The molecule has 0 spiro atoms. The number of nitrogens with one attached hydrogen (secondary N) is 2. The third-order valence-electron chi connectivity index (χ3n) is 4.04. The van der Waals surface area contributed by atoms with E-state index in [0.717, 1.165) is 0 Å². The molecular weight excluding hydrogens is 308 g/mol. The zero-order valence-electron chi connectivity index (χ0n) is 12.2. The van der Waals surface area contributed by atoms with Gasteiger partial charge in [0.05, 0.1) is 12.5 Å². The Balaban J connectivity index is 2.14. The normalized spacial score (nSPS) is 32.2. The van der Waals surface area contributed by atoms with Crippen LogP contribution in [0.25, 0.3) is 0 Å². The molecule has 0 radical (unpaired) electrons. The van der Waals surface area contributed by atoms with Crippen LogP contribution in [0.4, 0.5) is 0 Å². The highest BCUT2D eigenvalue weighted by Gasteiger charge is 2.35. The summed E-state index contributed by atoms with van der Waals surface area (Å²) in [6.07, 6.45) is 2.43. The first-order valence-corrected chi connectivity index (χ1v) is 7.14. The highest BCUT2D eigenvalue weighted by atomic mass is 16.4. The molecule has 0 amide bonds. The van der Waals surface area contributed by atoms with E-state index in [1.165, 1.54) is 6.08 Å². The molecule has 2 rings (SSSR count). The highest BCUT2D eigenvalue weighted by Crippen LogP contribution is 2.16. The van der Waals surface area contributed by atoms with Gasteiger partial charge in [0.15, 0.2) is 0 Å². The van der Waals surface area contributed by atoms with Gasteiger partial charge in [-0.25, -0.2) is 9.59 Å². The van der Waals surface area contributed by atoms with Gasteiger partial charge in [-0.2, -0.15) is 0 Å². The highest BCUT2D eigenvalue weighted by molar-refractivity contribution is 5.89. The fourth-order valence-electron chi connectivity index (χ4n) is 2.89. The number of carboxylic acid groups (broad SMARTS) is 3. The van der Waals surface area contributed by atoms with E-state index in [0.29, 0.717) is 10.5 Å². The van der Waals surface area contributed by atoms with E-state index in [2.05, 4.69) is 5.32 Å². The predicted molar refractivity (Wildman–Crippen MR) is 73.1 cm³/mol. The van der Waals surface area contributed by atoms with E-state index < -0.39 is 36.1 Å². The van der Waals surface area contributed by atoms with Crippen LogP contribution in [0.2, 0.25) is 0 Å². The molecule has 0 aliphatic carbocycles. The van der Waals surface area contributed by atoms with Gasteiger partial charge in [-0.1, -0.05) is 0 Å². The number of carbonyl (C=O) groups is 3. The number of allylic oxidation sites excluding steroid dienone is 1. The van der Waals surface area contributed by atoms with Crippen molar-refractivity contribution in [2.75, 3.05) is 13.1 Å². The van der Waals surface area contributed by atoms with Crippen molar-refractivity contribution in [1.82, 2.24) is 5.32 Å². The van der Waals surface area contributed by atoms with Gasteiger partial charge in [-0.15, -0.1) is 0 Å². The minimum atomic E-state index is -1.27. The molecule has 2 aliphatic rings. The van der Waals surface area contributed by atoms with Crippen molar-refractivity contribution in [3.8, 4) is 0 Å². The standard InChI is InChI=1S/C14H18N2O7/c17-8-5-11(14(22)23)16(6-8)2-1-7-3-9(12(18)19)15-10(4-7)13(20)21/h1,3,8,10-11,15,17H,2,4-6H2,(H,18,19)(H,20,21)(H,22,23). The molecule has 0 bridgehead atoms. The Morgan fingerprint density at radius 2 is 2.09 bits per heavy atom. The van der Waals surface area contributed by atoms with Gasteiger partial charge in [0.2, 0.25) is 0 Å². The largest absolute Gasteiger partial charge is 0.544 e. The van der Waals surface area contributed by atoms with Crippen LogP contribution in [-0.4, -0.2) is 64.5 Å². The summed E-state index contributed by atoms with van der Waals surface area (Å²) in [6.45, 7) is 0.485. The minimum Gasteiger partial charge on any atom is -0.544 e. The molecule has 1 fully saturated rings. The van der Waals surface area contributed by atoms with Crippen LogP contribution in [-0.2, 0) is 14.4 Å². The van der Waals surface area contributed by atoms with E-state index in [4.69, 9.17) is 10.2 Å². The van der Waals surface area contributed by atoms with Crippen molar-refractivity contribution >= 4 is 17.9 Å². The smallest absolute Gasteiger partial charge is 0.351 e. The number of hydrogen-bond donors (Lipinski definition) is 5. The number of aliphatic hydroxyl groups is 1. The van der Waals surface area contributed by atoms with E-state index in [1.54, 1.807) is 6.08 Å². The van der Waals surface area contributed by atoms with Crippen molar-refractivity contribution in [3.63, 3.8) is 0 Å². The summed E-state index contributed by atoms with van der Waals surface area (Å²) in [4.78, 5) is 33.8.